The molecule has 0 N–H and O–H groups in total. The number of unbranched alkanes of at least 4 members (excludes halogenated alkanes) is 1. The van der Waals surface area contributed by atoms with Crippen molar-refractivity contribution in [2.75, 3.05) is 27.2 Å². The van der Waals surface area contributed by atoms with Gasteiger partial charge in [0.15, 0.2) is 0 Å². The Balaban J connectivity index is 1.96. The molecule has 0 aliphatic rings. The van der Waals surface area contributed by atoms with Crippen LogP contribution < -0.4 is 4.74 Å². The van der Waals surface area contributed by atoms with E-state index >= 15 is 0 Å². The minimum absolute atomic E-state index is 0.217. The van der Waals surface area contributed by atoms with Crippen molar-refractivity contribution >= 4 is 12.2 Å². The van der Waals surface area contributed by atoms with Crippen molar-refractivity contribution in [2.45, 2.75) is 12.8 Å². The second kappa shape index (κ2) is 9.11. The van der Waals surface area contributed by atoms with Gasteiger partial charge in [0.1, 0.15) is 11.6 Å². The van der Waals surface area contributed by atoms with Crippen molar-refractivity contribution in [2.24, 2.45) is 0 Å². The Kier molecular flexibility index (Phi) is 6.82. The SMILES string of the molecule is CN(C)CCCCOc1ccccc1/C=C/c1ccccc1F. The van der Waals surface area contributed by atoms with E-state index in [1.165, 1.54) is 6.07 Å². The van der Waals surface area contributed by atoms with Crippen LogP contribution in [0.2, 0.25) is 0 Å². The number of hydrogen-bond acceptors (Lipinski definition) is 2. The first kappa shape index (κ1) is 17.2. The Bertz CT molecular complexity index is 637. The Morgan fingerprint density at radius 2 is 1.57 bits per heavy atom. The second-order valence-corrected chi connectivity index (χ2v) is 5.75. The topological polar surface area (TPSA) is 12.5 Å². The molecular formula is C20H24FNO. The van der Waals surface area contributed by atoms with Gasteiger partial charge in [0, 0.05) is 11.1 Å². The molecule has 2 nitrogen and oxygen atoms in total. The van der Waals surface area contributed by atoms with Gasteiger partial charge in [-0.25, -0.2) is 4.39 Å². The first-order valence-electron chi connectivity index (χ1n) is 7.96. The fourth-order valence-electron chi connectivity index (χ4n) is 2.25. The highest BCUT2D eigenvalue weighted by Gasteiger charge is 2.01. The number of ether oxygens (including phenoxy) is 1. The molecule has 0 saturated carbocycles. The van der Waals surface area contributed by atoms with Gasteiger partial charge in [0.05, 0.1) is 6.61 Å². The highest BCUT2D eigenvalue weighted by Crippen LogP contribution is 2.21. The zero-order valence-electron chi connectivity index (χ0n) is 13.8. The summed E-state index contributed by atoms with van der Waals surface area (Å²) in [6.07, 6.45) is 5.81. The third-order valence-corrected chi connectivity index (χ3v) is 3.52. The molecule has 0 heterocycles. The van der Waals surface area contributed by atoms with Gasteiger partial charge in [-0.1, -0.05) is 48.6 Å². The largest absolute Gasteiger partial charge is 0.493 e. The number of halogens is 1. The van der Waals surface area contributed by atoms with Gasteiger partial charge in [-0.15, -0.1) is 0 Å². The van der Waals surface area contributed by atoms with Crippen LogP contribution >= 0.6 is 0 Å². The van der Waals surface area contributed by atoms with Crippen molar-refractivity contribution in [3.05, 3.63) is 65.5 Å². The lowest BCUT2D eigenvalue weighted by Gasteiger charge is -2.11. The number of rotatable bonds is 8. The summed E-state index contributed by atoms with van der Waals surface area (Å²) in [5.74, 6) is 0.621. The van der Waals surface area contributed by atoms with Crippen LogP contribution in [0.3, 0.4) is 0 Å². The molecule has 0 aliphatic heterocycles. The Hall–Kier alpha value is -2.13. The number of hydrogen-bond donors (Lipinski definition) is 0. The third kappa shape index (κ3) is 5.87. The lowest BCUT2D eigenvalue weighted by atomic mass is 10.1. The molecule has 3 heteroatoms. The number of para-hydroxylation sites is 1. The lowest BCUT2D eigenvalue weighted by Crippen LogP contribution is -2.13. The summed E-state index contributed by atoms with van der Waals surface area (Å²) >= 11 is 0. The van der Waals surface area contributed by atoms with Crippen molar-refractivity contribution < 1.29 is 9.13 Å². The van der Waals surface area contributed by atoms with Gasteiger partial charge in [-0.05, 0) is 45.6 Å². The molecule has 0 saturated heterocycles. The van der Waals surface area contributed by atoms with Crippen LogP contribution in [0.15, 0.2) is 48.5 Å². The number of benzene rings is 2. The summed E-state index contributed by atoms with van der Waals surface area (Å²) in [7, 11) is 4.15. The molecule has 0 amide bonds. The molecule has 122 valence electrons. The molecule has 2 aromatic rings. The maximum Gasteiger partial charge on any atom is 0.130 e. The molecule has 0 radical (unpaired) electrons. The molecule has 0 aromatic heterocycles. The molecule has 2 rings (SSSR count). The maximum atomic E-state index is 13.7. The van der Waals surface area contributed by atoms with Gasteiger partial charge in [-0.3, -0.25) is 0 Å². The number of nitrogens with zero attached hydrogens (tertiary/aromatic N) is 1. The molecule has 0 aliphatic carbocycles. The minimum atomic E-state index is -0.217. The van der Waals surface area contributed by atoms with Crippen LogP contribution in [-0.4, -0.2) is 32.1 Å². The predicted molar refractivity (Wildman–Crippen MR) is 95.1 cm³/mol. The van der Waals surface area contributed by atoms with Crippen LogP contribution in [0.4, 0.5) is 4.39 Å². The van der Waals surface area contributed by atoms with E-state index in [-0.39, 0.29) is 5.82 Å². The fraction of sp³-hybridized carbons (Fsp3) is 0.300. The van der Waals surface area contributed by atoms with Crippen LogP contribution in [-0.2, 0) is 0 Å². The highest BCUT2D eigenvalue weighted by molar-refractivity contribution is 5.72. The van der Waals surface area contributed by atoms with Crippen LogP contribution in [0.1, 0.15) is 24.0 Å². The van der Waals surface area contributed by atoms with Crippen molar-refractivity contribution in [3.63, 3.8) is 0 Å². The summed E-state index contributed by atoms with van der Waals surface area (Å²) in [4.78, 5) is 2.17. The summed E-state index contributed by atoms with van der Waals surface area (Å²) in [6.45, 7) is 1.76. The highest BCUT2D eigenvalue weighted by atomic mass is 19.1. The molecule has 0 bridgehead atoms. The summed E-state index contributed by atoms with van der Waals surface area (Å²) in [5.41, 5.74) is 1.54. The van der Waals surface area contributed by atoms with Crippen LogP contribution in [0, 0.1) is 5.82 Å². The van der Waals surface area contributed by atoms with Gasteiger partial charge in [0.2, 0.25) is 0 Å². The monoisotopic (exact) mass is 313 g/mol. The van der Waals surface area contributed by atoms with E-state index in [0.29, 0.717) is 12.2 Å². The standard InChI is InChI=1S/C20H24FNO/c1-22(2)15-7-8-16-23-20-12-6-4-10-18(20)14-13-17-9-3-5-11-19(17)21/h3-6,9-14H,7-8,15-16H2,1-2H3/b14-13+. The Morgan fingerprint density at radius 1 is 0.913 bits per heavy atom. The molecular weight excluding hydrogens is 289 g/mol. The Labute approximate surface area is 138 Å². The van der Waals surface area contributed by atoms with E-state index in [9.17, 15) is 4.39 Å². The van der Waals surface area contributed by atoms with E-state index in [4.69, 9.17) is 4.74 Å². The predicted octanol–water partition coefficient (Wildman–Crippen LogP) is 4.72. The minimum Gasteiger partial charge on any atom is -0.493 e. The molecule has 0 spiro atoms. The van der Waals surface area contributed by atoms with Crippen LogP contribution in [0.5, 0.6) is 5.75 Å². The quantitative estimate of drug-likeness (QED) is 0.516. The van der Waals surface area contributed by atoms with E-state index in [0.717, 1.165) is 30.7 Å². The lowest BCUT2D eigenvalue weighted by molar-refractivity contribution is 0.292. The fourth-order valence-corrected chi connectivity index (χ4v) is 2.25. The first-order chi connectivity index (χ1) is 11.2. The first-order valence-corrected chi connectivity index (χ1v) is 7.96. The third-order valence-electron chi connectivity index (χ3n) is 3.52. The molecule has 2 aromatic carbocycles. The smallest absolute Gasteiger partial charge is 0.130 e. The average Bonchev–Trinajstić information content (AvgIpc) is 2.54. The summed E-state index contributed by atoms with van der Waals surface area (Å²) < 4.78 is 19.5. The van der Waals surface area contributed by atoms with E-state index in [2.05, 4.69) is 19.0 Å². The molecule has 0 atom stereocenters. The van der Waals surface area contributed by atoms with Crippen molar-refractivity contribution in [3.8, 4) is 5.75 Å². The van der Waals surface area contributed by atoms with Crippen LogP contribution in [0.25, 0.3) is 12.2 Å². The van der Waals surface area contributed by atoms with Gasteiger partial charge >= 0.3 is 0 Å². The van der Waals surface area contributed by atoms with Crippen molar-refractivity contribution in [1.29, 1.82) is 0 Å². The maximum absolute atomic E-state index is 13.7. The second-order valence-electron chi connectivity index (χ2n) is 5.75. The van der Waals surface area contributed by atoms with Gasteiger partial charge in [0.25, 0.3) is 0 Å². The zero-order valence-corrected chi connectivity index (χ0v) is 13.8. The molecule has 0 unspecified atom stereocenters. The summed E-state index contributed by atoms with van der Waals surface area (Å²) in [5, 5.41) is 0. The van der Waals surface area contributed by atoms with E-state index in [1.54, 1.807) is 18.2 Å². The zero-order chi connectivity index (χ0) is 16.5. The summed E-state index contributed by atoms with van der Waals surface area (Å²) in [6, 6.07) is 14.6. The average molecular weight is 313 g/mol. The van der Waals surface area contributed by atoms with Crippen molar-refractivity contribution in [1.82, 2.24) is 4.90 Å². The van der Waals surface area contributed by atoms with E-state index in [1.807, 2.05) is 36.4 Å². The van der Waals surface area contributed by atoms with E-state index < -0.39 is 0 Å². The van der Waals surface area contributed by atoms with Gasteiger partial charge < -0.3 is 9.64 Å². The normalized spacial score (nSPS) is 11.3. The van der Waals surface area contributed by atoms with Gasteiger partial charge in [-0.2, -0.15) is 0 Å². The Morgan fingerprint density at radius 3 is 2.30 bits per heavy atom. The molecule has 23 heavy (non-hydrogen) atoms. The molecule has 0 fully saturated rings.